The molecule has 0 aromatic rings. The van der Waals surface area contributed by atoms with Crippen molar-refractivity contribution in [2.24, 2.45) is 17.3 Å². The number of carboxylic acid groups (broad SMARTS) is 1. The number of Topliss-reactive ketones (excluding diaryl/α,β-unsaturated/α-hetero) is 1. The Morgan fingerprint density at radius 1 is 0.933 bits per heavy atom. The topological polar surface area (TPSA) is 133 Å². The molecule has 2 atom stereocenters. The molecule has 176 valence electrons. The summed E-state index contributed by atoms with van der Waals surface area (Å²) >= 11 is 0. The van der Waals surface area contributed by atoms with Crippen LogP contribution in [0.15, 0.2) is 0 Å². The second-order valence-corrected chi connectivity index (χ2v) is 9.23. The van der Waals surface area contributed by atoms with E-state index in [0.29, 0.717) is 12.3 Å². The van der Waals surface area contributed by atoms with Crippen LogP contribution in [0.25, 0.3) is 0 Å². The fourth-order valence-electron chi connectivity index (χ4n) is 2.11. The highest BCUT2D eigenvalue weighted by Gasteiger charge is 2.36. The maximum absolute atomic E-state index is 12.2. The molecule has 0 bridgehead atoms. The van der Waals surface area contributed by atoms with Crippen LogP contribution in [0.2, 0.25) is 0 Å². The van der Waals surface area contributed by atoms with E-state index in [1.807, 2.05) is 0 Å². The average molecular weight is 431 g/mol. The van der Waals surface area contributed by atoms with Crippen molar-refractivity contribution in [2.75, 3.05) is 6.54 Å². The van der Waals surface area contributed by atoms with Gasteiger partial charge in [0, 0.05) is 6.42 Å². The van der Waals surface area contributed by atoms with Gasteiger partial charge in [-0.2, -0.15) is 0 Å². The van der Waals surface area contributed by atoms with E-state index in [9.17, 15) is 24.3 Å². The molecule has 0 saturated carbocycles. The van der Waals surface area contributed by atoms with Crippen molar-refractivity contribution < 1.29 is 29.4 Å². The van der Waals surface area contributed by atoms with Crippen molar-refractivity contribution >= 4 is 23.6 Å². The largest absolute Gasteiger partial charge is 0.481 e. The monoisotopic (exact) mass is 430 g/mol. The first-order valence-corrected chi connectivity index (χ1v) is 10.6. The van der Waals surface area contributed by atoms with Gasteiger partial charge < -0.3 is 20.8 Å². The number of amides is 2. The molecular formula is C22H42N2O6. The molecule has 0 spiro atoms. The lowest BCUT2D eigenvalue weighted by atomic mass is 9.88. The Bertz CT molecular complexity index is 553. The van der Waals surface area contributed by atoms with Gasteiger partial charge in [0.2, 0.25) is 11.8 Å². The first-order valence-electron chi connectivity index (χ1n) is 10.6. The van der Waals surface area contributed by atoms with Gasteiger partial charge in [-0.15, -0.1) is 0 Å². The second-order valence-electron chi connectivity index (χ2n) is 9.23. The van der Waals surface area contributed by atoms with E-state index < -0.39 is 41.8 Å². The van der Waals surface area contributed by atoms with Crippen LogP contribution in [0.4, 0.5) is 0 Å². The third-order valence-electron chi connectivity index (χ3n) is 4.17. The van der Waals surface area contributed by atoms with Crippen molar-refractivity contribution in [1.29, 1.82) is 0 Å². The highest BCUT2D eigenvalue weighted by atomic mass is 16.4. The van der Waals surface area contributed by atoms with Gasteiger partial charge in [0.15, 0.2) is 5.78 Å². The molecule has 0 radical (unpaired) electrons. The first kappa shape index (κ1) is 30.2. The molecule has 2 unspecified atom stereocenters. The number of carboxylic acids is 1. The Hall–Kier alpha value is -1.96. The zero-order valence-corrected chi connectivity index (χ0v) is 19.9. The normalized spacial score (nSPS) is 13.2. The van der Waals surface area contributed by atoms with Crippen molar-refractivity contribution in [1.82, 2.24) is 10.6 Å². The molecule has 0 rings (SSSR count). The number of aliphatic carboxylic acids is 1. The van der Waals surface area contributed by atoms with Gasteiger partial charge >= 0.3 is 5.97 Å². The molecular weight excluding hydrogens is 388 g/mol. The summed E-state index contributed by atoms with van der Waals surface area (Å²) in [5.41, 5.74) is -1.63. The van der Waals surface area contributed by atoms with Gasteiger partial charge in [-0.25, -0.2) is 0 Å². The van der Waals surface area contributed by atoms with Crippen molar-refractivity contribution in [3.63, 3.8) is 0 Å². The molecule has 0 aliphatic rings. The molecule has 8 heteroatoms. The van der Waals surface area contributed by atoms with Crippen LogP contribution in [0, 0.1) is 17.3 Å². The van der Waals surface area contributed by atoms with Crippen LogP contribution < -0.4 is 10.6 Å². The molecule has 0 aromatic heterocycles. The van der Waals surface area contributed by atoms with Crippen molar-refractivity contribution in [3.05, 3.63) is 0 Å². The molecule has 0 saturated heterocycles. The fourth-order valence-corrected chi connectivity index (χ4v) is 2.11. The lowest BCUT2D eigenvalue weighted by Crippen LogP contribution is -2.54. The number of unbranched alkanes of at least 4 members (excludes halogenated alkanes) is 1. The Morgan fingerprint density at radius 3 is 1.83 bits per heavy atom. The maximum Gasteiger partial charge on any atom is 0.316 e. The minimum atomic E-state index is -1.63. The number of hydrogen-bond donors (Lipinski definition) is 4. The Labute approximate surface area is 181 Å². The summed E-state index contributed by atoms with van der Waals surface area (Å²) in [6.07, 6.45) is 1.68. The maximum atomic E-state index is 12.2. The van der Waals surface area contributed by atoms with E-state index in [1.165, 1.54) is 20.8 Å². The smallest absolute Gasteiger partial charge is 0.316 e. The van der Waals surface area contributed by atoms with Gasteiger partial charge in [-0.3, -0.25) is 19.2 Å². The molecule has 2 amide bonds. The summed E-state index contributed by atoms with van der Waals surface area (Å²) < 4.78 is 0. The summed E-state index contributed by atoms with van der Waals surface area (Å²) in [4.78, 5) is 47.0. The molecule has 0 aliphatic heterocycles. The summed E-state index contributed by atoms with van der Waals surface area (Å²) in [5, 5.41) is 23.5. The van der Waals surface area contributed by atoms with Gasteiger partial charge in [-0.1, -0.05) is 47.5 Å². The molecule has 8 nitrogen and oxygen atoms in total. The summed E-state index contributed by atoms with van der Waals surface area (Å²) in [6.45, 7) is 14.0. The summed E-state index contributed by atoms with van der Waals surface area (Å²) in [5.74, 6) is -1.67. The fraction of sp³-hybridized carbons (Fsp3) is 0.818. The standard InChI is InChI=1S/C18H32N2O6.C4H10/c1-11(2)8-6-7-9-14(23)20-15(12(3)21)16(24)19-10-13(22)18(4,5)17(25)26;1-4(2)3/h11-12,15,21H,6-10H2,1-5H3,(H,19,24)(H,20,23)(H,25,26);4H,1-3H3. The van der Waals surface area contributed by atoms with E-state index in [4.69, 9.17) is 5.11 Å². The van der Waals surface area contributed by atoms with Crippen LogP contribution in [0.1, 0.15) is 81.1 Å². The second kappa shape index (κ2) is 14.9. The molecule has 0 aliphatic carbocycles. The number of aliphatic hydroxyl groups excluding tert-OH is 1. The number of rotatable bonds is 12. The van der Waals surface area contributed by atoms with Gasteiger partial charge in [0.1, 0.15) is 11.5 Å². The molecule has 4 N–H and O–H groups in total. The van der Waals surface area contributed by atoms with Crippen molar-refractivity contribution in [2.45, 2.75) is 93.2 Å². The average Bonchev–Trinajstić information content (AvgIpc) is 2.59. The predicted molar refractivity (Wildman–Crippen MR) is 117 cm³/mol. The zero-order chi connectivity index (χ0) is 24.1. The van der Waals surface area contributed by atoms with Crippen LogP contribution in [0.5, 0.6) is 0 Å². The van der Waals surface area contributed by atoms with Gasteiger partial charge in [0.25, 0.3) is 0 Å². The highest BCUT2D eigenvalue weighted by Crippen LogP contribution is 2.16. The lowest BCUT2D eigenvalue weighted by molar-refractivity contribution is -0.152. The van der Waals surface area contributed by atoms with Crippen LogP contribution in [-0.4, -0.2) is 52.5 Å². The van der Waals surface area contributed by atoms with E-state index in [2.05, 4.69) is 45.3 Å². The van der Waals surface area contributed by atoms with E-state index in [1.54, 1.807) is 0 Å². The Morgan fingerprint density at radius 2 is 1.43 bits per heavy atom. The number of hydrogen-bond acceptors (Lipinski definition) is 5. The number of carbonyl (C=O) groups excluding carboxylic acids is 3. The van der Waals surface area contributed by atoms with E-state index in [0.717, 1.165) is 18.8 Å². The lowest BCUT2D eigenvalue weighted by Gasteiger charge is -2.22. The Balaban J connectivity index is 0. The number of nitrogens with one attached hydrogen (secondary N) is 2. The minimum Gasteiger partial charge on any atom is -0.481 e. The van der Waals surface area contributed by atoms with E-state index in [-0.39, 0.29) is 12.3 Å². The van der Waals surface area contributed by atoms with Crippen LogP contribution in [0.3, 0.4) is 0 Å². The third-order valence-corrected chi connectivity index (χ3v) is 4.17. The van der Waals surface area contributed by atoms with Crippen LogP contribution in [-0.2, 0) is 19.2 Å². The molecule has 0 aromatic carbocycles. The Kier molecular flexibility index (Phi) is 15.1. The molecule has 0 fully saturated rings. The predicted octanol–water partition coefficient (Wildman–Crippen LogP) is 2.53. The van der Waals surface area contributed by atoms with Gasteiger partial charge in [-0.05, 0) is 39.0 Å². The third kappa shape index (κ3) is 14.1. The van der Waals surface area contributed by atoms with E-state index >= 15 is 0 Å². The number of ketones is 1. The first-order chi connectivity index (χ1) is 13.6. The zero-order valence-electron chi connectivity index (χ0n) is 19.9. The van der Waals surface area contributed by atoms with Gasteiger partial charge in [0.05, 0.1) is 12.6 Å². The molecule has 30 heavy (non-hydrogen) atoms. The molecule has 0 heterocycles. The number of aliphatic hydroxyl groups is 1. The van der Waals surface area contributed by atoms with Crippen molar-refractivity contribution in [3.8, 4) is 0 Å². The quantitative estimate of drug-likeness (QED) is 0.278. The number of carbonyl (C=O) groups is 4. The van der Waals surface area contributed by atoms with Crippen LogP contribution >= 0.6 is 0 Å². The SMILES string of the molecule is CC(C)C.CC(C)CCCCC(=O)NC(C(=O)NCC(=O)C(C)(C)C(=O)O)C(C)O. The summed E-state index contributed by atoms with van der Waals surface area (Å²) in [6, 6.07) is -1.20. The highest BCUT2D eigenvalue weighted by molar-refractivity contribution is 6.04. The summed E-state index contributed by atoms with van der Waals surface area (Å²) in [7, 11) is 0. The minimum absolute atomic E-state index is 0.244.